The van der Waals surface area contributed by atoms with Gasteiger partial charge in [-0.2, -0.15) is 5.26 Å². The van der Waals surface area contributed by atoms with E-state index in [0.29, 0.717) is 6.10 Å². The summed E-state index contributed by atoms with van der Waals surface area (Å²) in [6.45, 7) is 3.31. The van der Waals surface area contributed by atoms with Crippen LogP contribution in [0.5, 0.6) is 0 Å². The normalized spacial score (nSPS) is 30.4. The summed E-state index contributed by atoms with van der Waals surface area (Å²) in [6.07, 6.45) is 23.0. The van der Waals surface area contributed by atoms with Crippen molar-refractivity contribution in [2.45, 2.75) is 103 Å². The number of hydrogen-bond donors (Lipinski definition) is 0. The maximum Gasteiger partial charge on any atom is 0.0908 e. The third-order valence-electron chi connectivity index (χ3n) is 6.48. The number of allylic oxidation sites excluding steroid dienone is 2. The molecule has 0 radical (unpaired) electrons. The monoisotopic (exact) mass is 345 g/mol. The second kappa shape index (κ2) is 12.5. The van der Waals surface area contributed by atoms with E-state index in [1.807, 2.05) is 6.08 Å². The van der Waals surface area contributed by atoms with Crippen LogP contribution in [0.4, 0.5) is 0 Å². The van der Waals surface area contributed by atoms with Crippen LogP contribution >= 0.6 is 0 Å². The first-order valence-corrected chi connectivity index (χ1v) is 11.0. The molecule has 2 nitrogen and oxygen atoms in total. The summed E-state index contributed by atoms with van der Waals surface area (Å²) in [4.78, 5) is 0. The predicted octanol–water partition coefficient (Wildman–Crippen LogP) is 6.81. The van der Waals surface area contributed by atoms with Gasteiger partial charge in [0.15, 0.2) is 0 Å². The Morgan fingerprint density at radius 1 is 0.880 bits per heavy atom. The molecular weight excluding hydrogens is 306 g/mol. The lowest BCUT2D eigenvalue weighted by molar-refractivity contribution is -0.0102. The summed E-state index contributed by atoms with van der Waals surface area (Å²) in [7, 11) is 0. The molecule has 2 heteroatoms. The van der Waals surface area contributed by atoms with Crippen molar-refractivity contribution in [1.29, 1.82) is 5.26 Å². The molecule has 142 valence electrons. The quantitative estimate of drug-likeness (QED) is 0.322. The molecule has 0 spiro atoms. The van der Waals surface area contributed by atoms with Gasteiger partial charge >= 0.3 is 0 Å². The number of nitriles is 1. The lowest BCUT2D eigenvalue weighted by Crippen LogP contribution is -2.26. The summed E-state index contributed by atoms with van der Waals surface area (Å²) >= 11 is 0. The van der Waals surface area contributed by atoms with Crippen molar-refractivity contribution in [1.82, 2.24) is 0 Å². The van der Waals surface area contributed by atoms with Crippen LogP contribution in [-0.2, 0) is 4.74 Å². The van der Waals surface area contributed by atoms with E-state index in [9.17, 15) is 0 Å². The van der Waals surface area contributed by atoms with E-state index in [4.69, 9.17) is 10.00 Å². The van der Waals surface area contributed by atoms with Crippen molar-refractivity contribution >= 4 is 0 Å². The Balaban J connectivity index is 1.51. The van der Waals surface area contributed by atoms with Crippen molar-refractivity contribution in [3.63, 3.8) is 0 Å². The van der Waals surface area contributed by atoms with Crippen molar-refractivity contribution in [3.8, 4) is 6.07 Å². The minimum Gasteiger partial charge on any atom is -0.378 e. The van der Waals surface area contributed by atoms with E-state index in [1.54, 1.807) is 6.08 Å². The Labute approximate surface area is 156 Å². The fraction of sp³-hybridized carbons (Fsp3) is 0.870. The molecule has 0 atom stereocenters. The Bertz CT molecular complexity index is 395. The molecule has 0 unspecified atom stereocenters. The number of rotatable bonds is 10. The fourth-order valence-corrected chi connectivity index (χ4v) is 4.70. The smallest absolute Gasteiger partial charge is 0.0908 e. The van der Waals surface area contributed by atoms with Gasteiger partial charge in [-0.05, 0) is 69.1 Å². The van der Waals surface area contributed by atoms with Gasteiger partial charge in [-0.15, -0.1) is 0 Å². The van der Waals surface area contributed by atoms with Gasteiger partial charge in [0.2, 0.25) is 0 Å². The number of ether oxygens (including phenoxy) is 1. The molecule has 2 aliphatic carbocycles. The Hall–Kier alpha value is -0.810. The van der Waals surface area contributed by atoms with Crippen LogP contribution in [0.15, 0.2) is 12.2 Å². The average molecular weight is 346 g/mol. The Kier molecular flexibility index (Phi) is 10.3. The number of unbranched alkanes of at least 4 members (excludes halogenated alkanes) is 2. The van der Waals surface area contributed by atoms with E-state index in [-0.39, 0.29) is 0 Å². The summed E-state index contributed by atoms with van der Waals surface area (Å²) in [6, 6.07) is 2.07. The predicted molar refractivity (Wildman–Crippen MR) is 105 cm³/mol. The van der Waals surface area contributed by atoms with E-state index in [1.165, 1.54) is 83.5 Å². The molecule has 0 bridgehead atoms. The number of hydrogen-bond acceptors (Lipinski definition) is 2. The molecule has 0 saturated heterocycles. The SMILES string of the molecule is CCCCC[C@H]1CC[C@H](CO[C@H]2CC[C@H](CC/C=C/C#N)CC2)CC1. The summed E-state index contributed by atoms with van der Waals surface area (Å²) in [5.74, 6) is 2.69. The molecule has 0 aliphatic heterocycles. The first-order valence-electron chi connectivity index (χ1n) is 11.0. The van der Waals surface area contributed by atoms with Crippen LogP contribution in [0, 0.1) is 29.1 Å². The lowest BCUT2D eigenvalue weighted by Gasteiger charge is -2.32. The van der Waals surface area contributed by atoms with Crippen molar-refractivity contribution in [2.24, 2.45) is 17.8 Å². The van der Waals surface area contributed by atoms with Crippen molar-refractivity contribution in [2.75, 3.05) is 6.61 Å². The molecule has 2 fully saturated rings. The van der Waals surface area contributed by atoms with Crippen LogP contribution in [0.1, 0.15) is 96.8 Å². The van der Waals surface area contributed by atoms with E-state index in [2.05, 4.69) is 13.0 Å². The van der Waals surface area contributed by atoms with Crippen LogP contribution in [-0.4, -0.2) is 12.7 Å². The minimum absolute atomic E-state index is 0.521. The molecule has 25 heavy (non-hydrogen) atoms. The third-order valence-corrected chi connectivity index (χ3v) is 6.48. The zero-order valence-electron chi connectivity index (χ0n) is 16.4. The minimum atomic E-state index is 0.521. The molecule has 0 amide bonds. The number of nitrogens with zero attached hydrogens (tertiary/aromatic N) is 1. The molecule has 2 aliphatic rings. The van der Waals surface area contributed by atoms with Crippen LogP contribution in [0.3, 0.4) is 0 Å². The highest BCUT2D eigenvalue weighted by Crippen LogP contribution is 2.34. The zero-order valence-corrected chi connectivity index (χ0v) is 16.4. The molecular formula is C23H39NO. The van der Waals surface area contributed by atoms with E-state index < -0.39 is 0 Å². The van der Waals surface area contributed by atoms with Crippen LogP contribution in [0.2, 0.25) is 0 Å². The summed E-state index contributed by atoms with van der Waals surface area (Å²) in [5, 5.41) is 8.51. The molecule has 0 aromatic heterocycles. The Morgan fingerprint density at radius 2 is 1.52 bits per heavy atom. The largest absolute Gasteiger partial charge is 0.378 e. The van der Waals surface area contributed by atoms with E-state index >= 15 is 0 Å². The topological polar surface area (TPSA) is 33.0 Å². The van der Waals surface area contributed by atoms with Crippen molar-refractivity contribution in [3.05, 3.63) is 12.2 Å². The van der Waals surface area contributed by atoms with Gasteiger partial charge in [0.1, 0.15) is 0 Å². The molecule has 0 aromatic carbocycles. The summed E-state index contributed by atoms with van der Waals surface area (Å²) < 4.78 is 6.29. The highest BCUT2D eigenvalue weighted by Gasteiger charge is 2.24. The fourth-order valence-electron chi connectivity index (χ4n) is 4.70. The van der Waals surface area contributed by atoms with Gasteiger partial charge in [-0.3, -0.25) is 0 Å². The molecule has 0 heterocycles. The maximum absolute atomic E-state index is 8.51. The van der Waals surface area contributed by atoms with E-state index in [0.717, 1.165) is 30.8 Å². The molecule has 0 N–H and O–H groups in total. The van der Waals surface area contributed by atoms with Crippen molar-refractivity contribution < 1.29 is 4.74 Å². The molecule has 2 rings (SSSR count). The maximum atomic E-state index is 8.51. The van der Waals surface area contributed by atoms with Crippen LogP contribution < -0.4 is 0 Å². The molecule has 0 aromatic rings. The van der Waals surface area contributed by atoms with Gasteiger partial charge in [0.25, 0.3) is 0 Å². The molecule has 2 saturated carbocycles. The van der Waals surface area contributed by atoms with Crippen LogP contribution in [0.25, 0.3) is 0 Å². The second-order valence-corrected chi connectivity index (χ2v) is 8.47. The first kappa shape index (κ1) is 20.5. The lowest BCUT2D eigenvalue weighted by atomic mass is 9.80. The van der Waals surface area contributed by atoms with Gasteiger partial charge in [0.05, 0.1) is 12.2 Å². The standard InChI is InChI=1S/C23H39NO/c1-2-3-5-8-20-10-12-22(13-11-20)19-25-23-16-14-21(15-17-23)9-6-4-7-18-24/h4,7,20-23H,2-3,5-6,8-17,19H2,1H3/b7-4+/t20-,21-,22-,23-. The first-order chi connectivity index (χ1) is 12.3. The second-order valence-electron chi connectivity index (χ2n) is 8.47. The average Bonchev–Trinajstić information content (AvgIpc) is 2.66. The van der Waals surface area contributed by atoms with Gasteiger partial charge in [-0.1, -0.05) is 51.5 Å². The van der Waals surface area contributed by atoms with Gasteiger partial charge in [-0.25, -0.2) is 0 Å². The highest BCUT2D eigenvalue weighted by atomic mass is 16.5. The van der Waals surface area contributed by atoms with Gasteiger partial charge in [0, 0.05) is 12.7 Å². The zero-order chi connectivity index (χ0) is 17.7. The highest BCUT2D eigenvalue weighted by molar-refractivity contribution is 5.01. The summed E-state index contributed by atoms with van der Waals surface area (Å²) in [5.41, 5.74) is 0. The third kappa shape index (κ3) is 8.41. The Morgan fingerprint density at radius 3 is 2.20 bits per heavy atom. The van der Waals surface area contributed by atoms with Gasteiger partial charge < -0.3 is 4.74 Å².